The topological polar surface area (TPSA) is 54.6 Å². The second-order valence-electron chi connectivity index (χ2n) is 8.62. The maximum absolute atomic E-state index is 12.8. The molecule has 152 valence electrons. The number of H-pyrrole nitrogens is 1. The Morgan fingerprint density at radius 3 is 2.66 bits per heavy atom. The van der Waals surface area contributed by atoms with Gasteiger partial charge < -0.3 is 14.8 Å². The summed E-state index contributed by atoms with van der Waals surface area (Å²) in [5, 5.41) is 0.870. The van der Waals surface area contributed by atoms with Crippen LogP contribution in [0.15, 0.2) is 35.1 Å². The Bertz CT molecular complexity index is 1050. The minimum Gasteiger partial charge on any atom is -0.320 e. The van der Waals surface area contributed by atoms with E-state index < -0.39 is 0 Å². The second-order valence-corrected chi connectivity index (χ2v) is 9.70. The second kappa shape index (κ2) is 8.01. The van der Waals surface area contributed by atoms with E-state index in [1.807, 2.05) is 0 Å². The number of nitrogens with one attached hydrogen (secondary N) is 3. The van der Waals surface area contributed by atoms with E-state index in [1.165, 1.54) is 33.7 Å². The van der Waals surface area contributed by atoms with Gasteiger partial charge in [-0.05, 0) is 38.2 Å². The fraction of sp³-hybridized carbons (Fsp3) is 0.478. The molecule has 0 saturated carbocycles. The molecule has 0 spiro atoms. The first-order valence-corrected chi connectivity index (χ1v) is 11.8. The molecule has 6 heteroatoms. The van der Waals surface area contributed by atoms with E-state index >= 15 is 0 Å². The quantitative estimate of drug-likeness (QED) is 0.599. The number of nitrogens with zero attached hydrogens (tertiary/aromatic N) is 1. The van der Waals surface area contributed by atoms with Crippen molar-refractivity contribution in [3.63, 3.8) is 0 Å². The zero-order chi connectivity index (χ0) is 19.8. The fourth-order valence-corrected chi connectivity index (χ4v) is 6.32. The molecular formula is C23H30N4OS+2. The van der Waals surface area contributed by atoms with Crippen LogP contribution in [0.1, 0.15) is 47.6 Å². The minimum atomic E-state index is 0.0748. The van der Waals surface area contributed by atoms with E-state index in [0.717, 1.165) is 61.6 Å². The standard InChI is InChI=1S/C23H28N4OS/c1-16(17-7-3-2-4-8-17)27-13-11-26(12-14-27)15-20-24-22(28)21-18-9-5-6-10-19(18)29-23(21)25-20/h2-4,7-8,16H,5-6,9-15H2,1H3,(H,24,25,28)/p+2/t16-/m0/s1. The van der Waals surface area contributed by atoms with E-state index in [1.54, 1.807) is 16.2 Å². The van der Waals surface area contributed by atoms with Crippen LogP contribution in [0.5, 0.6) is 0 Å². The third kappa shape index (κ3) is 3.77. The Morgan fingerprint density at radius 2 is 1.86 bits per heavy atom. The van der Waals surface area contributed by atoms with Gasteiger partial charge in [-0.15, -0.1) is 11.3 Å². The highest BCUT2D eigenvalue weighted by atomic mass is 32.1. The molecule has 3 N–H and O–H groups in total. The molecule has 0 bridgehead atoms. The molecule has 3 heterocycles. The van der Waals surface area contributed by atoms with Gasteiger partial charge >= 0.3 is 0 Å². The van der Waals surface area contributed by atoms with E-state index in [9.17, 15) is 4.79 Å². The molecule has 2 aromatic heterocycles. The number of hydrogen-bond acceptors (Lipinski definition) is 3. The van der Waals surface area contributed by atoms with E-state index in [-0.39, 0.29) is 5.56 Å². The Balaban J connectivity index is 1.27. The summed E-state index contributed by atoms with van der Waals surface area (Å²) < 4.78 is 0. The van der Waals surface area contributed by atoms with Gasteiger partial charge in [0.25, 0.3) is 5.56 Å². The van der Waals surface area contributed by atoms with Gasteiger partial charge in [0.15, 0.2) is 5.82 Å². The molecule has 1 fully saturated rings. The molecule has 0 unspecified atom stereocenters. The first-order chi connectivity index (χ1) is 14.2. The normalized spacial score (nSPS) is 23.1. The predicted octanol–water partition coefficient (Wildman–Crippen LogP) is 0.908. The Labute approximate surface area is 175 Å². The van der Waals surface area contributed by atoms with Gasteiger partial charge in [0.05, 0.1) is 5.39 Å². The van der Waals surface area contributed by atoms with Crippen molar-refractivity contribution in [2.45, 2.75) is 45.2 Å². The van der Waals surface area contributed by atoms with Gasteiger partial charge in [-0.2, -0.15) is 0 Å². The van der Waals surface area contributed by atoms with Gasteiger partial charge in [-0.25, -0.2) is 4.98 Å². The van der Waals surface area contributed by atoms with Crippen LogP contribution in [0.4, 0.5) is 0 Å². The van der Waals surface area contributed by atoms with Gasteiger partial charge in [0.1, 0.15) is 43.6 Å². The maximum atomic E-state index is 12.8. The van der Waals surface area contributed by atoms with Gasteiger partial charge in [0, 0.05) is 10.4 Å². The van der Waals surface area contributed by atoms with Crippen molar-refractivity contribution in [2.75, 3.05) is 26.2 Å². The van der Waals surface area contributed by atoms with Crippen LogP contribution in [0, 0.1) is 0 Å². The molecule has 1 aliphatic heterocycles. The molecule has 5 nitrogen and oxygen atoms in total. The lowest BCUT2D eigenvalue weighted by Crippen LogP contribution is -3.27. The van der Waals surface area contributed by atoms with E-state index in [2.05, 4.69) is 42.2 Å². The Morgan fingerprint density at radius 1 is 1.10 bits per heavy atom. The SMILES string of the molecule is C[C@@H](c1ccccc1)[NH+]1CC[NH+](Cc2nc3sc4c(c3c(=O)[nH]2)CCCC4)CC1. The van der Waals surface area contributed by atoms with Crippen LogP contribution in [-0.2, 0) is 19.4 Å². The van der Waals surface area contributed by atoms with Gasteiger partial charge in [-0.1, -0.05) is 30.3 Å². The molecule has 1 atom stereocenters. The predicted molar refractivity (Wildman–Crippen MR) is 117 cm³/mol. The number of fused-ring (bicyclic) bond motifs is 3. The molecule has 0 amide bonds. The number of aromatic nitrogens is 2. The van der Waals surface area contributed by atoms with Crippen molar-refractivity contribution in [1.29, 1.82) is 0 Å². The summed E-state index contributed by atoms with van der Waals surface area (Å²) in [6, 6.07) is 11.4. The van der Waals surface area contributed by atoms with Crippen molar-refractivity contribution in [3.8, 4) is 0 Å². The summed E-state index contributed by atoms with van der Waals surface area (Å²) >= 11 is 1.75. The zero-order valence-electron chi connectivity index (χ0n) is 17.1. The van der Waals surface area contributed by atoms with Crippen LogP contribution in [0.2, 0.25) is 0 Å². The number of rotatable bonds is 4. The molecule has 1 saturated heterocycles. The number of benzene rings is 1. The molecule has 1 aromatic carbocycles. The summed E-state index contributed by atoms with van der Waals surface area (Å²) in [7, 11) is 0. The monoisotopic (exact) mass is 410 g/mol. The van der Waals surface area contributed by atoms with E-state index in [4.69, 9.17) is 4.98 Å². The molecule has 29 heavy (non-hydrogen) atoms. The third-order valence-electron chi connectivity index (χ3n) is 6.80. The molecule has 1 aliphatic carbocycles. The minimum absolute atomic E-state index is 0.0748. The lowest BCUT2D eigenvalue weighted by molar-refractivity contribution is -1.03. The van der Waals surface area contributed by atoms with E-state index in [0.29, 0.717) is 6.04 Å². The van der Waals surface area contributed by atoms with Crippen molar-refractivity contribution in [3.05, 3.63) is 62.5 Å². The van der Waals surface area contributed by atoms with Crippen LogP contribution >= 0.6 is 11.3 Å². The summed E-state index contributed by atoms with van der Waals surface area (Å²) in [4.78, 5) is 26.3. The number of hydrogen-bond donors (Lipinski definition) is 3. The lowest BCUT2D eigenvalue weighted by atomic mass is 9.97. The first-order valence-electron chi connectivity index (χ1n) is 11.0. The van der Waals surface area contributed by atoms with Crippen LogP contribution in [0.25, 0.3) is 10.2 Å². The molecule has 2 aliphatic rings. The number of aromatic amines is 1. The summed E-state index contributed by atoms with van der Waals surface area (Å²) in [5.41, 5.74) is 2.77. The average Bonchev–Trinajstić information content (AvgIpc) is 3.13. The lowest BCUT2D eigenvalue weighted by Gasteiger charge is -2.33. The van der Waals surface area contributed by atoms with Gasteiger partial charge in [0.2, 0.25) is 0 Å². The summed E-state index contributed by atoms with van der Waals surface area (Å²) in [5.74, 6) is 0.857. The Hall–Kier alpha value is -2.02. The van der Waals surface area contributed by atoms with Crippen LogP contribution < -0.4 is 15.4 Å². The molecule has 5 rings (SSSR count). The number of thiophene rings is 1. The average molecular weight is 411 g/mol. The van der Waals surface area contributed by atoms with Crippen molar-refractivity contribution in [1.82, 2.24) is 9.97 Å². The highest BCUT2D eigenvalue weighted by molar-refractivity contribution is 7.18. The highest BCUT2D eigenvalue weighted by Gasteiger charge is 2.28. The summed E-state index contributed by atoms with van der Waals surface area (Å²) in [6.07, 6.45) is 4.58. The largest absolute Gasteiger partial charge is 0.320 e. The number of piperazine rings is 1. The first kappa shape index (κ1) is 19.0. The molecular weight excluding hydrogens is 380 g/mol. The zero-order valence-corrected chi connectivity index (χ0v) is 17.9. The van der Waals surface area contributed by atoms with Gasteiger partial charge in [-0.3, -0.25) is 4.79 Å². The fourth-order valence-electron chi connectivity index (χ4n) is 5.04. The number of quaternary nitrogens is 2. The third-order valence-corrected chi connectivity index (χ3v) is 7.99. The highest BCUT2D eigenvalue weighted by Crippen LogP contribution is 2.33. The van der Waals surface area contributed by atoms with Crippen LogP contribution in [-0.4, -0.2) is 36.1 Å². The van der Waals surface area contributed by atoms with Crippen molar-refractivity contribution < 1.29 is 9.80 Å². The summed E-state index contributed by atoms with van der Waals surface area (Å²) in [6.45, 7) is 7.71. The van der Waals surface area contributed by atoms with Crippen molar-refractivity contribution >= 4 is 21.6 Å². The molecule has 3 aromatic rings. The molecule has 0 radical (unpaired) electrons. The smallest absolute Gasteiger partial charge is 0.260 e. The Kier molecular flexibility index (Phi) is 5.24. The van der Waals surface area contributed by atoms with Crippen molar-refractivity contribution in [2.24, 2.45) is 0 Å². The maximum Gasteiger partial charge on any atom is 0.260 e. The van der Waals surface area contributed by atoms with Crippen LogP contribution in [0.3, 0.4) is 0 Å². The number of aryl methyl sites for hydroxylation is 2.